The van der Waals surface area contributed by atoms with Crippen molar-refractivity contribution >= 4 is 17.6 Å². The highest BCUT2D eigenvalue weighted by Gasteiger charge is 2.14. The SMILES string of the molecule is COC(=O)c1ccc(-c2ccccc2OC)nc1Cl. The second kappa shape index (κ2) is 5.71. The standard InChI is InChI=1S/C14H12ClNO3/c1-18-12-6-4-3-5-9(12)11-8-7-10(13(15)16-11)14(17)19-2/h3-8H,1-2H3. The molecule has 98 valence electrons. The molecule has 0 saturated heterocycles. The highest BCUT2D eigenvalue weighted by Crippen LogP contribution is 2.29. The lowest BCUT2D eigenvalue weighted by Gasteiger charge is -2.09. The lowest BCUT2D eigenvalue weighted by molar-refractivity contribution is 0.0600. The number of aromatic nitrogens is 1. The fourth-order valence-electron chi connectivity index (χ4n) is 1.70. The molecule has 0 aliphatic carbocycles. The van der Waals surface area contributed by atoms with Gasteiger partial charge in [-0.3, -0.25) is 0 Å². The number of esters is 1. The van der Waals surface area contributed by atoms with Crippen molar-refractivity contribution in [3.05, 3.63) is 47.1 Å². The fraction of sp³-hybridized carbons (Fsp3) is 0.143. The monoisotopic (exact) mass is 277 g/mol. The maximum Gasteiger partial charge on any atom is 0.341 e. The third-order valence-electron chi connectivity index (χ3n) is 2.64. The number of nitrogens with zero attached hydrogens (tertiary/aromatic N) is 1. The van der Waals surface area contributed by atoms with Crippen LogP contribution in [-0.4, -0.2) is 25.2 Å². The summed E-state index contributed by atoms with van der Waals surface area (Å²) in [4.78, 5) is 15.6. The molecule has 19 heavy (non-hydrogen) atoms. The maximum atomic E-state index is 11.4. The van der Waals surface area contributed by atoms with E-state index in [1.807, 2.05) is 24.3 Å². The molecule has 1 aromatic carbocycles. The Kier molecular flexibility index (Phi) is 4.02. The van der Waals surface area contributed by atoms with Crippen LogP contribution in [-0.2, 0) is 4.74 Å². The summed E-state index contributed by atoms with van der Waals surface area (Å²) in [5.41, 5.74) is 1.68. The number of carbonyl (C=O) groups excluding carboxylic acids is 1. The molecule has 5 heteroatoms. The third-order valence-corrected chi connectivity index (χ3v) is 2.93. The molecule has 0 radical (unpaired) electrons. The number of hydrogen-bond acceptors (Lipinski definition) is 4. The van der Waals surface area contributed by atoms with Crippen molar-refractivity contribution < 1.29 is 14.3 Å². The first-order valence-corrected chi connectivity index (χ1v) is 5.93. The minimum absolute atomic E-state index is 0.107. The highest BCUT2D eigenvalue weighted by molar-refractivity contribution is 6.32. The number of para-hydroxylation sites is 1. The van der Waals surface area contributed by atoms with Gasteiger partial charge in [0.25, 0.3) is 0 Å². The van der Waals surface area contributed by atoms with Gasteiger partial charge in [0.15, 0.2) is 0 Å². The molecule has 0 aliphatic rings. The van der Waals surface area contributed by atoms with Crippen molar-refractivity contribution in [2.75, 3.05) is 14.2 Å². The van der Waals surface area contributed by atoms with Crippen LogP contribution in [0.2, 0.25) is 5.15 Å². The summed E-state index contributed by atoms with van der Waals surface area (Å²) in [6.07, 6.45) is 0. The summed E-state index contributed by atoms with van der Waals surface area (Å²) in [5.74, 6) is 0.181. The summed E-state index contributed by atoms with van der Waals surface area (Å²) in [6, 6.07) is 10.7. The van der Waals surface area contributed by atoms with Crippen LogP contribution in [0.1, 0.15) is 10.4 Å². The first kappa shape index (κ1) is 13.4. The zero-order valence-corrected chi connectivity index (χ0v) is 11.3. The number of benzene rings is 1. The Bertz CT molecular complexity index is 613. The van der Waals surface area contributed by atoms with E-state index in [4.69, 9.17) is 16.3 Å². The first-order valence-electron chi connectivity index (χ1n) is 5.55. The summed E-state index contributed by atoms with van der Waals surface area (Å²) in [7, 11) is 2.88. The van der Waals surface area contributed by atoms with Gasteiger partial charge in [-0.15, -0.1) is 0 Å². The zero-order chi connectivity index (χ0) is 13.8. The Morgan fingerprint density at radius 2 is 1.89 bits per heavy atom. The van der Waals surface area contributed by atoms with Crippen LogP contribution < -0.4 is 4.74 Å². The van der Waals surface area contributed by atoms with Crippen LogP contribution in [0, 0.1) is 0 Å². The van der Waals surface area contributed by atoms with E-state index in [9.17, 15) is 4.79 Å². The van der Waals surface area contributed by atoms with E-state index in [1.54, 1.807) is 19.2 Å². The Morgan fingerprint density at radius 3 is 2.53 bits per heavy atom. The summed E-state index contributed by atoms with van der Waals surface area (Å²) < 4.78 is 9.88. The van der Waals surface area contributed by atoms with Crippen LogP contribution in [0.15, 0.2) is 36.4 Å². The summed E-state index contributed by atoms with van der Waals surface area (Å²) in [5, 5.41) is 0.107. The molecule has 0 N–H and O–H groups in total. The van der Waals surface area contributed by atoms with Crippen LogP contribution in [0.4, 0.5) is 0 Å². The average Bonchev–Trinajstić information content (AvgIpc) is 2.46. The third kappa shape index (κ3) is 2.69. The predicted octanol–water partition coefficient (Wildman–Crippen LogP) is 3.20. The van der Waals surface area contributed by atoms with Gasteiger partial charge >= 0.3 is 5.97 Å². The number of ether oxygens (including phenoxy) is 2. The molecule has 4 nitrogen and oxygen atoms in total. The number of methoxy groups -OCH3 is 2. The maximum absolute atomic E-state index is 11.4. The van der Waals surface area contributed by atoms with Crippen molar-refractivity contribution in [2.24, 2.45) is 0 Å². The lowest BCUT2D eigenvalue weighted by Crippen LogP contribution is -2.03. The quantitative estimate of drug-likeness (QED) is 0.638. The second-order valence-electron chi connectivity index (χ2n) is 3.73. The van der Waals surface area contributed by atoms with Gasteiger partial charge < -0.3 is 9.47 Å². The van der Waals surface area contributed by atoms with Gasteiger partial charge in [0.1, 0.15) is 10.9 Å². The van der Waals surface area contributed by atoms with E-state index in [-0.39, 0.29) is 10.7 Å². The minimum Gasteiger partial charge on any atom is -0.496 e. The Balaban J connectivity index is 2.47. The van der Waals surface area contributed by atoms with E-state index in [1.165, 1.54) is 7.11 Å². The molecule has 2 rings (SSSR count). The van der Waals surface area contributed by atoms with Crippen LogP contribution >= 0.6 is 11.6 Å². The topological polar surface area (TPSA) is 48.4 Å². The van der Waals surface area contributed by atoms with E-state index < -0.39 is 5.97 Å². The summed E-state index contributed by atoms with van der Waals surface area (Å²) >= 11 is 6.00. The van der Waals surface area contributed by atoms with Gasteiger partial charge in [0, 0.05) is 5.56 Å². The molecule has 0 unspecified atom stereocenters. The zero-order valence-electron chi connectivity index (χ0n) is 10.5. The summed E-state index contributed by atoms with van der Waals surface area (Å²) in [6.45, 7) is 0. The van der Waals surface area contributed by atoms with Gasteiger partial charge in [-0.2, -0.15) is 0 Å². The lowest BCUT2D eigenvalue weighted by atomic mass is 10.1. The first-order chi connectivity index (χ1) is 9.17. The van der Waals surface area contributed by atoms with Crippen LogP contribution in [0.25, 0.3) is 11.3 Å². The Morgan fingerprint density at radius 1 is 1.16 bits per heavy atom. The van der Waals surface area contributed by atoms with E-state index in [0.717, 1.165) is 5.56 Å². The second-order valence-corrected chi connectivity index (χ2v) is 4.08. The van der Waals surface area contributed by atoms with Gasteiger partial charge in [0.2, 0.25) is 0 Å². The fourth-order valence-corrected chi connectivity index (χ4v) is 1.93. The number of rotatable bonds is 3. The van der Waals surface area contributed by atoms with Crippen molar-refractivity contribution in [2.45, 2.75) is 0 Å². The smallest absolute Gasteiger partial charge is 0.341 e. The molecule has 0 atom stereocenters. The van der Waals surface area contributed by atoms with Crippen molar-refractivity contribution in [1.29, 1.82) is 0 Å². The molecule has 2 aromatic rings. The molecule has 0 fully saturated rings. The number of pyridine rings is 1. The Labute approximate surface area is 115 Å². The van der Waals surface area contributed by atoms with Gasteiger partial charge in [-0.05, 0) is 24.3 Å². The van der Waals surface area contributed by atoms with Gasteiger partial charge in [-0.1, -0.05) is 23.7 Å². The van der Waals surface area contributed by atoms with E-state index >= 15 is 0 Å². The number of carbonyl (C=O) groups is 1. The average molecular weight is 278 g/mol. The molecule has 0 amide bonds. The molecule has 1 heterocycles. The number of hydrogen-bond donors (Lipinski definition) is 0. The largest absolute Gasteiger partial charge is 0.496 e. The van der Waals surface area contributed by atoms with Crippen molar-refractivity contribution in [3.8, 4) is 17.0 Å². The molecule has 0 bridgehead atoms. The van der Waals surface area contributed by atoms with Crippen LogP contribution in [0.3, 0.4) is 0 Å². The number of halogens is 1. The normalized spacial score (nSPS) is 10.1. The molecular weight excluding hydrogens is 266 g/mol. The van der Waals surface area contributed by atoms with Crippen molar-refractivity contribution in [1.82, 2.24) is 4.98 Å². The Hall–Kier alpha value is -2.07. The van der Waals surface area contributed by atoms with E-state index in [2.05, 4.69) is 9.72 Å². The van der Waals surface area contributed by atoms with Gasteiger partial charge in [-0.25, -0.2) is 9.78 Å². The molecule has 0 saturated carbocycles. The molecule has 0 spiro atoms. The predicted molar refractivity (Wildman–Crippen MR) is 72.6 cm³/mol. The van der Waals surface area contributed by atoms with Crippen molar-refractivity contribution in [3.63, 3.8) is 0 Å². The molecular formula is C14H12ClNO3. The van der Waals surface area contributed by atoms with E-state index in [0.29, 0.717) is 11.4 Å². The molecule has 1 aromatic heterocycles. The van der Waals surface area contributed by atoms with Crippen LogP contribution in [0.5, 0.6) is 5.75 Å². The van der Waals surface area contributed by atoms with Gasteiger partial charge in [0.05, 0.1) is 25.5 Å². The molecule has 0 aliphatic heterocycles. The minimum atomic E-state index is -0.510. The highest BCUT2D eigenvalue weighted by atomic mass is 35.5.